The maximum atomic E-state index is 11.5. The third kappa shape index (κ3) is 3.28. The fourth-order valence-corrected chi connectivity index (χ4v) is 2.22. The number of nitrogens with zero attached hydrogens (tertiary/aromatic N) is 2. The van der Waals surface area contributed by atoms with Gasteiger partial charge in [-0.15, -0.1) is 0 Å². The van der Waals surface area contributed by atoms with Gasteiger partial charge in [0.2, 0.25) is 5.91 Å². The van der Waals surface area contributed by atoms with E-state index in [4.69, 9.17) is 9.47 Å². The fourth-order valence-electron chi connectivity index (χ4n) is 2.22. The molecule has 1 aromatic heterocycles. The Hall–Kier alpha value is -2.76. The number of ether oxygens (including phenoxy) is 2. The van der Waals surface area contributed by atoms with E-state index in [1.165, 1.54) is 6.08 Å². The van der Waals surface area contributed by atoms with Crippen molar-refractivity contribution in [3.63, 3.8) is 0 Å². The van der Waals surface area contributed by atoms with Crippen molar-refractivity contribution in [1.29, 1.82) is 0 Å². The van der Waals surface area contributed by atoms with Gasteiger partial charge >= 0.3 is 0 Å². The first-order valence-electron chi connectivity index (χ1n) is 7.09. The molecule has 6 nitrogen and oxygen atoms in total. The molecule has 3 rings (SSSR count). The number of aromatic nitrogens is 2. The van der Waals surface area contributed by atoms with E-state index in [1.54, 1.807) is 30.1 Å². The number of amides is 1. The zero-order valence-corrected chi connectivity index (χ0v) is 12.2. The third-order valence-electron chi connectivity index (χ3n) is 3.18. The van der Waals surface area contributed by atoms with Crippen molar-refractivity contribution in [3.8, 4) is 11.5 Å². The van der Waals surface area contributed by atoms with Crippen LogP contribution in [-0.2, 0) is 11.3 Å². The van der Waals surface area contributed by atoms with Crippen LogP contribution < -0.4 is 14.8 Å². The molecule has 6 heteroatoms. The lowest BCUT2D eigenvalue weighted by Crippen LogP contribution is -2.33. The zero-order valence-electron chi connectivity index (χ0n) is 12.2. The van der Waals surface area contributed by atoms with Crippen LogP contribution in [0.1, 0.15) is 6.92 Å². The van der Waals surface area contributed by atoms with Gasteiger partial charge in [0.25, 0.3) is 0 Å². The van der Waals surface area contributed by atoms with Crippen molar-refractivity contribution in [1.82, 2.24) is 9.78 Å². The lowest BCUT2D eigenvalue weighted by molar-refractivity contribution is -0.111. The highest BCUT2D eigenvalue weighted by Crippen LogP contribution is 2.31. The normalized spacial score (nSPS) is 16.7. The molecule has 0 aliphatic carbocycles. The van der Waals surface area contributed by atoms with Crippen LogP contribution in [0.25, 0.3) is 0 Å². The first-order chi connectivity index (χ1) is 10.7. The van der Waals surface area contributed by atoms with Gasteiger partial charge in [-0.1, -0.05) is 18.2 Å². The van der Waals surface area contributed by atoms with Crippen molar-refractivity contribution >= 4 is 11.6 Å². The molecule has 2 heterocycles. The van der Waals surface area contributed by atoms with Crippen LogP contribution in [0.3, 0.4) is 0 Å². The van der Waals surface area contributed by atoms with E-state index >= 15 is 0 Å². The van der Waals surface area contributed by atoms with E-state index < -0.39 is 0 Å². The molecule has 114 valence electrons. The number of hydrogen-bond donors (Lipinski definition) is 1. The molecule has 0 saturated heterocycles. The molecule has 1 aliphatic heterocycles. The Bertz CT molecular complexity index is 693. The smallest absolute Gasteiger partial charge is 0.248 e. The monoisotopic (exact) mass is 299 g/mol. The van der Waals surface area contributed by atoms with Gasteiger partial charge in [-0.2, -0.15) is 5.10 Å². The standard InChI is InChI=1S/C16H17N3O3/c1-2-5-16(20)18-12-8-17-19(9-12)10-13-11-21-14-6-3-4-7-15(14)22-13/h2-9,13H,10-11H2,1H3,(H,18,20)/b5-2+. The molecule has 0 saturated carbocycles. The summed E-state index contributed by atoms with van der Waals surface area (Å²) in [6.07, 6.45) is 6.41. The first kappa shape index (κ1) is 14.2. The largest absolute Gasteiger partial charge is 0.486 e. The van der Waals surface area contributed by atoms with Gasteiger partial charge in [-0.25, -0.2) is 0 Å². The second kappa shape index (κ2) is 6.34. The number of fused-ring (bicyclic) bond motifs is 1. The Labute approximate surface area is 128 Å². The molecule has 0 bridgehead atoms. The fraction of sp³-hybridized carbons (Fsp3) is 0.250. The van der Waals surface area contributed by atoms with Gasteiger partial charge in [0.05, 0.1) is 18.4 Å². The molecule has 1 unspecified atom stereocenters. The summed E-state index contributed by atoms with van der Waals surface area (Å²) in [6, 6.07) is 7.59. The maximum Gasteiger partial charge on any atom is 0.248 e. The topological polar surface area (TPSA) is 65.4 Å². The maximum absolute atomic E-state index is 11.5. The van der Waals surface area contributed by atoms with Crippen LogP contribution in [-0.4, -0.2) is 28.4 Å². The minimum atomic E-state index is -0.173. The molecule has 0 spiro atoms. The summed E-state index contributed by atoms with van der Waals surface area (Å²) in [5.74, 6) is 1.33. The highest BCUT2D eigenvalue weighted by Gasteiger charge is 2.21. The number of hydrogen-bond acceptors (Lipinski definition) is 4. The summed E-state index contributed by atoms with van der Waals surface area (Å²) in [7, 11) is 0. The van der Waals surface area contributed by atoms with Crippen LogP contribution in [0, 0.1) is 0 Å². The number of allylic oxidation sites excluding steroid dienone is 1. The lowest BCUT2D eigenvalue weighted by atomic mass is 10.2. The van der Waals surface area contributed by atoms with Crippen LogP contribution in [0.5, 0.6) is 11.5 Å². The van der Waals surface area contributed by atoms with Gasteiger partial charge in [-0.3, -0.25) is 9.48 Å². The Kier molecular flexibility index (Phi) is 4.09. The van der Waals surface area contributed by atoms with E-state index in [9.17, 15) is 4.79 Å². The Morgan fingerprint density at radius 3 is 3.09 bits per heavy atom. The minimum absolute atomic E-state index is 0.117. The predicted molar refractivity (Wildman–Crippen MR) is 82.0 cm³/mol. The van der Waals surface area contributed by atoms with Crippen LogP contribution in [0.2, 0.25) is 0 Å². The molecule has 0 fully saturated rings. The number of anilines is 1. The molecule has 1 aliphatic rings. The summed E-state index contributed by atoms with van der Waals surface area (Å²) < 4.78 is 13.3. The van der Waals surface area contributed by atoms with Crippen LogP contribution in [0.4, 0.5) is 5.69 Å². The van der Waals surface area contributed by atoms with Crippen molar-refractivity contribution in [2.45, 2.75) is 19.6 Å². The van der Waals surface area contributed by atoms with E-state index in [0.717, 1.165) is 11.5 Å². The average Bonchev–Trinajstić information content (AvgIpc) is 2.94. The molecule has 2 aromatic rings. The second-order valence-corrected chi connectivity index (χ2v) is 4.94. The van der Waals surface area contributed by atoms with E-state index in [2.05, 4.69) is 10.4 Å². The summed E-state index contributed by atoms with van der Waals surface area (Å²) in [4.78, 5) is 11.5. The lowest BCUT2D eigenvalue weighted by Gasteiger charge is -2.26. The van der Waals surface area contributed by atoms with Gasteiger partial charge in [-0.05, 0) is 25.1 Å². The van der Waals surface area contributed by atoms with Crippen molar-refractivity contribution in [3.05, 3.63) is 48.8 Å². The number of benzene rings is 1. The zero-order chi connectivity index (χ0) is 15.4. The summed E-state index contributed by atoms with van der Waals surface area (Å²) in [5.41, 5.74) is 0.653. The summed E-state index contributed by atoms with van der Waals surface area (Å²) in [5, 5.41) is 6.96. The number of para-hydroxylation sites is 2. The molecular formula is C16H17N3O3. The predicted octanol–water partition coefficient (Wildman–Crippen LogP) is 2.24. The van der Waals surface area contributed by atoms with E-state index in [0.29, 0.717) is 18.8 Å². The van der Waals surface area contributed by atoms with Gasteiger partial charge in [0, 0.05) is 6.20 Å². The Balaban J connectivity index is 1.60. The van der Waals surface area contributed by atoms with E-state index in [-0.39, 0.29) is 12.0 Å². The second-order valence-electron chi connectivity index (χ2n) is 4.94. The molecule has 0 radical (unpaired) electrons. The molecule has 1 amide bonds. The minimum Gasteiger partial charge on any atom is -0.486 e. The molecule has 1 atom stereocenters. The van der Waals surface area contributed by atoms with Crippen LogP contribution >= 0.6 is 0 Å². The third-order valence-corrected chi connectivity index (χ3v) is 3.18. The number of nitrogens with one attached hydrogen (secondary N) is 1. The summed E-state index contributed by atoms with van der Waals surface area (Å²) >= 11 is 0. The Morgan fingerprint density at radius 2 is 2.27 bits per heavy atom. The van der Waals surface area contributed by atoms with E-state index in [1.807, 2.05) is 24.3 Å². The summed E-state index contributed by atoms with van der Waals surface area (Å²) in [6.45, 7) is 2.81. The van der Waals surface area contributed by atoms with Gasteiger partial charge in [0.15, 0.2) is 17.6 Å². The number of carbonyl (C=O) groups excluding carboxylic acids is 1. The first-order valence-corrected chi connectivity index (χ1v) is 7.09. The van der Waals surface area contributed by atoms with Crippen molar-refractivity contribution < 1.29 is 14.3 Å². The highest BCUT2D eigenvalue weighted by atomic mass is 16.6. The average molecular weight is 299 g/mol. The number of rotatable bonds is 4. The molecular weight excluding hydrogens is 282 g/mol. The van der Waals surface area contributed by atoms with Gasteiger partial charge < -0.3 is 14.8 Å². The SMILES string of the molecule is C/C=C/C(=O)Nc1cnn(CC2COc3ccccc3O2)c1. The highest BCUT2D eigenvalue weighted by molar-refractivity contribution is 5.98. The Morgan fingerprint density at radius 1 is 1.45 bits per heavy atom. The molecule has 1 N–H and O–H groups in total. The quantitative estimate of drug-likeness (QED) is 0.879. The van der Waals surface area contributed by atoms with Gasteiger partial charge in [0.1, 0.15) is 6.61 Å². The van der Waals surface area contributed by atoms with Crippen molar-refractivity contribution in [2.75, 3.05) is 11.9 Å². The molecule has 22 heavy (non-hydrogen) atoms. The number of carbonyl (C=O) groups is 1. The molecule has 1 aromatic carbocycles. The van der Waals surface area contributed by atoms with Crippen molar-refractivity contribution in [2.24, 2.45) is 0 Å². The van der Waals surface area contributed by atoms with Crippen LogP contribution in [0.15, 0.2) is 48.8 Å².